The molecule has 4 heterocycles. The summed E-state index contributed by atoms with van der Waals surface area (Å²) in [5.74, 6) is 2.19. The van der Waals surface area contributed by atoms with Crippen LogP contribution in [0.2, 0.25) is 0 Å². The predicted molar refractivity (Wildman–Crippen MR) is 111 cm³/mol. The first-order chi connectivity index (χ1) is 14.4. The molecule has 4 aromatic heterocycles. The minimum absolute atomic E-state index is 0.684. The molecule has 0 aliphatic rings. The summed E-state index contributed by atoms with van der Waals surface area (Å²) < 4.78 is 4.05. The van der Waals surface area contributed by atoms with Crippen LogP contribution in [0, 0.1) is 0 Å². The maximum Gasteiger partial charge on any atom is 0.233 e. The summed E-state index contributed by atoms with van der Waals surface area (Å²) >= 11 is 1.62. The molecule has 0 N–H and O–H groups in total. The van der Waals surface area contributed by atoms with Gasteiger partial charge in [0.05, 0.1) is 12.2 Å². The molecule has 5 aromatic rings. The summed E-state index contributed by atoms with van der Waals surface area (Å²) in [7, 11) is 0. The van der Waals surface area contributed by atoms with Crippen LogP contribution in [-0.2, 0) is 12.3 Å². The Morgan fingerprint density at radius 1 is 0.931 bits per heavy atom. The maximum absolute atomic E-state index is 4.57. The Morgan fingerprint density at radius 2 is 1.86 bits per heavy atom. The zero-order valence-corrected chi connectivity index (χ0v) is 16.3. The van der Waals surface area contributed by atoms with Crippen molar-refractivity contribution in [3.8, 4) is 11.4 Å². The van der Waals surface area contributed by atoms with Crippen molar-refractivity contribution in [1.29, 1.82) is 0 Å². The van der Waals surface area contributed by atoms with Gasteiger partial charge in [-0.15, -0.1) is 10.2 Å². The van der Waals surface area contributed by atoms with Crippen molar-refractivity contribution < 1.29 is 0 Å². The van der Waals surface area contributed by atoms with Crippen molar-refractivity contribution in [3.63, 3.8) is 0 Å². The van der Waals surface area contributed by atoms with Crippen molar-refractivity contribution in [3.05, 3.63) is 90.8 Å². The van der Waals surface area contributed by atoms with Crippen LogP contribution in [0.3, 0.4) is 0 Å². The molecule has 0 radical (unpaired) electrons. The minimum Gasteiger partial charge on any atom is -0.297 e. The van der Waals surface area contributed by atoms with E-state index in [2.05, 4.69) is 41.8 Å². The zero-order chi connectivity index (χ0) is 19.5. The standard InChI is InChI=1S/C21H17N7S/c1-2-6-16(7-3-1)13-28-19(17-8-4-9-22-12-17)25-26-21(28)29-15-18-14-27-11-5-10-23-20(27)24-18/h1-12,14H,13,15H2. The molecule has 0 amide bonds. The molecule has 5 rings (SSSR count). The Hall–Kier alpha value is -3.52. The molecule has 0 aliphatic carbocycles. The van der Waals surface area contributed by atoms with E-state index in [0.717, 1.165) is 22.2 Å². The molecule has 8 heteroatoms. The number of rotatable bonds is 6. The Balaban J connectivity index is 1.46. The van der Waals surface area contributed by atoms with Crippen molar-refractivity contribution in [2.24, 2.45) is 0 Å². The second kappa shape index (κ2) is 7.84. The molecule has 0 bridgehead atoms. The SMILES string of the molecule is c1ccc(Cn2c(SCc3cn4cccnc4n3)nnc2-c2cccnc2)cc1. The van der Waals surface area contributed by atoms with Crippen molar-refractivity contribution >= 4 is 17.5 Å². The molecule has 0 aliphatic heterocycles. The Morgan fingerprint density at radius 3 is 2.69 bits per heavy atom. The molecule has 29 heavy (non-hydrogen) atoms. The lowest BCUT2D eigenvalue weighted by atomic mass is 10.2. The molecule has 0 saturated heterocycles. The summed E-state index contributed by atoms with van der Waals surface area (Å²) in [5.41, 5.74) is 3.09. The molecule has 1 aromatic carbocycles. The lowest BCUT2D eigenvalue weighted by molar-refractivity contribution is 0.714. The van der Waals surface area contributed by atoms with E-state index in [4.69, 9.17) is 0 Å². The Labute approximate surface area is 171 Å². The fraction of sp³-hybridized carbons (Fsp3) is 0.0952. The van der Waals surface area contributed by atoms with Gasteiger partial charge in [0.15, 0.2) is 11.0 Å². The van der Waals surface area contributed by atoms with E-state index in [-0.39, 0.29) is 0 Å². The number of nitrogens with zero attached hydrogens (tertiary/aromatic N) is 7. The third-order valence-corrected chi connectivity index (χ3v) is 5.45. The number of imidazole rings is 1. The summed E-state index contributed by atoms with van der Waals surface area (Å²) in [6.45, 7) is 0.688. The molecule has 0 fully saturated rings. The predicted octanol–water partition coefficient (Wildman–Crippen LogP) is 3.72. The van der Waals surface area contributed by atoms with E-state index in [1.807, 2.05) is 59.4 Å². The Kier molecular flexibility index (Phi) is 4.75. The van der Waals surface area contributed by atoms with Gasteiger partial charge in [0.1, 0.15) is 0 Å². The van der Waals surface area contributed by atoms with Crippen LogP contribution in [0.5, 0.6) is 0 Å². The zero-order valence-electron chi connectivity index (χ0n) is 15.5. The van der Waals surface area contributed by atoms with Gasteiger partial charge in [-0.05, 0) is 23.8 Å². The summed E-state index contributed by atoms with van der Waals surface area (Å²) in [6, 6.07) is 16.1. The molecule has 7 nitrogen and oxygen atoms in total. The number of fused-ring (bicyclic) bond motifs is 1. The molecule has 0 unspecified atom stereocenters. The highest BCUT2D eigenvalue weighted by Crippen LogP contribution is 2.27. The van der Waals surface area contributed by atoms with Gasteiger partial charge in [-0.2, -0.15) is 0 Å². The van der Waals surface area contributed by atoms with Gasteiger partial charge in [0.2, 0.25) is 5.78 Å². The van der Waals surface area contributed by atoms with Crippen LogP contribution < -0.4 is 0 Å². The van der Waals surface area contributed by atoms with Crippen molar-refractivity contribution in [1.82, 2.24) is 34.1 Å². The summed E-state index contributed by atoms with van der Waals surface area (Å²) in [6.07, 6.45) is 9.26. The maximum atomic E-state index is 4.57. The first kappa shape index (κ1) is 17.6. The smallest absolute Gasteiger partial charge is 0.233 e. The third-order valence-electron chi connectivity index (χ3n) is 4.45. The van der Waals surface area contributed by atoms with Gasteiger partial charge in [-0.25, -0.2) is 9.97 Å². The number of hydrogen-bond acceptors (Lipinski definition) is 6. The molecular weight excluding hydrogens is 382 g/mol. The number of hydrogen-bond donors (Lipinski definition) is 0. The number of aromatic nitrogens is 7. The number of thioether (sulfide) groups is 1. The lowest BCUT2D eigenvalue weighted by Gasteiger charge is -2.10. The van der Waals surface area contributed by atoms with Crippen LogP contribution >= 0.6 is 11.8 Å². The van der Waals surface area contributed by atoms with Crippen LogP contribution in [0.1, 0.15) is 11.3 Å². The minimum atomic E-state index is 0.684. The highest BCUT2D eigenvalue weighted by Gasteiger charge is 2.16. The average Bonchev–Trinajstić information content (AvgIpc) is 3.37. The normalized spacial score (nSPS) is 11.2. The fourth-order valence-electron chi connectivity index (χ4n) is 3.10. The van der Waals surface area contributed by atoms with E-state index >= 15 is 0 Å². The van der Waals surface area contributed by atoms with Gasteiger partial charge < -0.3 is 0 Å². The highest BCUT2D eigenvalue weighted by molar-refractivity contribution is 7.98. The van der Waals surface area contributed by atoms with Gasteiger partial charge in [0, 0.05) is 42.3 Å². The second-order valence-electron chi connectivity index (χ2n) is 6.47. The van der Waals surface area contributed by atoms with E-state index in [0.29, 0.717) is 18.1 Å². The van der Waals surface area contributed by atoms with Gasteiger partial charge in [-0.3, -0.25) is 14.0 Å². The fourth-order valence-corrected chi connectivity index (χ4v) is 3.92. The first-order valence-electron chi connectivity index (χ1n) is 9.16. The number of pyridine rings is 1. The third kappa shape index (κ3) is 3.74. The van der Waals surface area contributed by atoms with Crippen LogP contribution in [0.25, 0.3) is 17.2 Å². The second-order valence-corrected chi connectivity index (χ2v) is 7.41. The van der Waals surface area contributed by atoms with Crippen LogP contribution in [-0.4, -0.2) is 34.1 Å². The number of benzene rings is 1. The van der Waals surface area contributed by atoms with Gasteiger partial charge in [-0.1, -0.05) is 42.1 Å². The molecular formula is C21H17N7S. The van der Waals surface area contributed by atoms with Crippen molar-refractivity contribution in [2.45, 2.75) is 17.5 Å². The average molecular weight is 399 g/mol. The topological polar surface area (TPSA) is 73.8 Å². The van der Waals surface area contributed by atoms with Crippen LogP contribution in [0.4, 0.5) is 0 Å². The first-order valence-corrected chi connectivity index (χ1v) is 10.1. The molecule has 0 atom stereocenters. The lowest BCUT2D eigenvalue weighted by Crippen LogP contribution is -2.04. The molecule has 0 saturated carbocycles. The quantitative estimate of drug-likeness (QED) is 0.405. The van der Waals surface area contributed by atoms with E-state index in [1.54, 1.807) is 24.2 Å². The van der Waals surface area contributed by atoms with Gasteiger partial charge in [0.25, 0.3) is 0 Å². The van der Waals surface area contributed by atoms with Gasteiger partial charge >= 0.3 is 0 Å². The van der Waals surface area contributed by atoms with Crippen LogP contribution in [0.15, 0.2) is 84.7 Å². The van der Waals surface area contributed by atoms with Crippen molar-refractivity contribution in [2.75, 3.05) is 0 Å². The largest absolute Gasteiger partial charge is 0.297 e. The molecule has 142 valence electrons. The summed E-state index contributed by atoms with van der Waals surface area (Å²) in [5, 5.41) is 9.75. The van der Waals surface area contributed by atoms with E-state index in [9.17, 15) is 0 Å². The van der Waals surface area contributed by atoms with E-state index < -0.39 is 0 Å². The Bertz CT molecular complexity index is 1200. The van der Waals surface area contributed by atoms with E-state index in [1.165, 1.54) is 5.56 Å². The highest BCUT2D eigenvalue weighted by atomic mass is 32.2. The molecule has 0 spiro atoms. The monoisotopic (exact) mass is 399 g/mol. The summed E-state index contributed by atoms with van der Waals surface area (Å²) in [4.78, 5) is 13.1.